The van der Waals surface area contributed by atoms with E-state index in [0.29, 0.717) is 13.1 Å². The van der Waals surface area contributed by atoms with Crippen molar-refractivity contribution in [2.24, 2.45) is 0 Å². The molecule has 122 valence electrons. The van der Waals surface area contributed by atoms with Crippen LogP contribution in [0.15, 0.2) is 24.3 Å². The third-order valence-corrected chi connectivity index (χ3v) is 3.93. The number of ether oxygens (including phenoxy) is 1. The van der Waals surface area contributed by atoms with Gasteiger partial charge in [-0.25, -0.2) is 9.18 Å². The highest BCUT2D eigenvalue weighted by molar-refractivity contribution is 5.68. The molecule has 0 bridgehead atoms. The Hall–Kier alpha value is -1.62. The molecule has 2 atom stereocenters. The van der Waals surface area contributed by atoms with Gasteiger partial charge in [-0.15, -0.1) is 0 Å². The van der Waals surface area contributed by atoms with Gasteiger partial charge in [0.1, 0.15) is 11.4 Å². The van der Waals surface area contributed by atoms with Gasteiger partial charge < -0.3 is 15.0 Å². The molecule has 0 saturated carbocycles. The van der Waals surface area contributed by atoms with Crippen molar-refractivity contribution in [1.29, 1.82) is 0 Å². The standard InChI is InChI=1S/C17H25FN2O2/c1-17(2,3)22-16(21)20-10-9-15(19-4)14(11-20)12-5-7-13(18)8-6-12/h5-8,14-15,19H,9-11H2,1-4H3/t14-,15+/m0/s1. The SMILES string of the molecule is CN[C@@H]1CCN(C(=O)OC(C)(C)C)C[C@H]1c1ccc(F)cc1. The van der Waals surface area contributed by atoms with Gasteiger partial charge in [-0.05, 0) is 51.9 Å². The molecule has 0 unspecified atom stereocenters. The average molecular weight is 308 g/mol. The summed E-state index contributed by atoms with van der Waals surface area (Å²) in [5, 5.41) is 3.30. The molecular weight excluding hydrogens is 283 g/mol. The van der Waals surface area contributed by atoms with Gasteiger partial charge in [0.2, 0.25) is 0 Å². The zero-order valence-electron chi connectivity index (χ0n) is 13.7. The lowest BCUT2D eigenvalue weighted by Gasteiger charge is -2.39. The molecule has 1 aromatic rings. The number of rotatable bonds is 2. The van der Waals surface area contributed by atoms with Crippen LogP contribution >= 0.6 is 0 Å². The lowest BCUT2D eigenvalue weighted by Crippen LogP contribution is -2.50. The Labute approximate surface area is 131 Å². The van der Waals surface area contributed by atoms with E-state index in [4.69, 9.17) is 4.74 Å². The molecule has 1 aromatic carbocycles. The van der Waals surface area contributed by atoms with E-state index in [2.05, 4.69) is 5.32 Å². The fourth-order valence-corrected chi connectivity index (χ4v) is 2.84. The first-order valence-corrected chi connectivity index (χ1v) is 7.71. The Balaban J connectivity index is 2.13. The van der Waals surface area contributed by atoms with Crippen LogP contribution in [0.4, 0.5) is 9.18 Å². The van der Waals surface area contributed by atoms with E-state index in [-0.39, 0.29) is 23.9 Å². The smallest absolute Gasteiger partial charge is 0.410 e. The van der Waals surface area contributed by atoms with Crippen LogP contribution < -0.4 is 5.32 Å². The Bertz CT molecular complexity index is 510. The maximum atomic E-state index is 13.1. The van der Waals surface area contributed by atoms with Gasteiger partial charge in [0.25, 0.3) is 0 Å². The van der Waals surface area contributed by atoms with Gasteiger partial charge in [-0.3, -0.25) is 0 Å². The van der Waals surface area contributed by atoms with Gasteiger partial charge >= 0.3 is 6.09 Å². The second-order valence-electron chi connectivity index (χ2n) is 6.77. The Morgan fingerprint density at radius 1 is 1.32 bits per heavy atom. The summed E-state index contributed by atoms with van der Waals surface area (Å²) in [5.41, 5.74) is 0.538. The average Bonchev–Trinajstić information content (AvgIpc) is 2.45. The molecule has 4 nitrogen and oxygen atoms in total. The van der Waals surface area contributed by atoms with Crippen LogP contribution in [0.1, 0.15) is 38.7 Å². The predicted molar refractivity (Wildman–Crippen MR) is 84.4 cm³/mol. The molecule has 1 N–H and O–H groups in total. The van der Waals surface area contributed by atoms with E-state index in [1.54, 1.807) is 17.0 Å². The molecule has 1 heterocycles. The van der Waals surface area contributed by atoms with Crippen molar-refractivity contribution in [3.8, 4) is 0 Å². The molecule has 0 aliphatic carbocycles. The first-order chi connectivity index (χ1) is 10.3. The van der Waals surface area contributed by atoms with Crippen LogP contribution in [0.2, 0.25) is 0 Å². The fraction of sp³-hybridized carbons (Fsp3) is 0.588. The lowest BCUT2D eigenvalue weighted by atomic mass is 9.86. The molecule has 0 spiro atoms. The number of benzene rings is 1. The summed E-state index contributed by atoms with van der Waals surface area (Å²) in [5.74, 6) is -0.114. The summed E-state index contributed by atoms with van der Waals surface area (Å²) in [4.78, 5) is 14.0. The number of carbonyl (C=O) groups is 1. The molecule has 0 radical (unpaired) electrons. The van der Waals surface area contributed by atoms with Crippen LogP contribution in [-0.2, 0) is 4.74 Å². The normalized spacial score (nSPS) is 22.5. The van der Waals surface area contributed by atoms with E-state index >= 15 is 0 Å². The highest BCUT2D eigenvalue weighted by Gasteiger charge is 2.33. The maximum absolute atomic E-state index is 13.1. The van der Waals surface area contributed by atoms with Crippen molar-refractivity contribution >= 4 is 6.09 Å². The van der Waals surface area contributed by atoms with E-state index < -0.39 is 5.60 Å². The van der Waals surface area contributed by atoms with Crippen LogP contribution in [0, 0.1) is 5.82 Å². The molecule has 2 rings (SSSR count). The second-order valence-corrected chi connectivity index (χ2v) is 6.77. The number of amides is 1. The summed E-state index contributed by atoms with van der Waals surface area (Å²) in [6.07, 6.45) is 0.562. The van der Waals surface area contributed by atoms with Gasteiger partial charge in [-0.1, -0.05) is 12.1 Å². The Morgan fingerprint density at radius 2 is 1.95 bits per heavy atom. The number of carbonyl (C=O) groups excluding carboxylic acids is 1. The van der Waals surface area contributed by atoms with Gasteiger partial charge in [0.15, 0.2) is 0 Å². The first-order valence-electron chi connectivity index (χ1n) is 7.71. The van der Waals surface area contributed by atoms with E-state index in [9.17, 15) is 9.18 Å². The molecule has 1 saturated heterocycles. The number of likely N-dealkylation sites (N-methyl/N-ethyl adjacent to an activating group) is 1. The quantitative estimate of drug-likeness (QED) is 0.912. The third kappa shape index (κ3) is 4.19. The van der Waals surface area contributed by atoms with Crippen LogP contribution in [0.25, 0.3) is 0 Å². The molecule has 1 amide bonds. The number of likely N-dealkylation sites (tertiary alicyclic amines) is 1. The van der Waals surface area contributed by atoms with E-state index in [1.165, 1.54) is 12.1 Å². The monoisotopic (exact) mass is 308 g/mol. The van der Waals surface area contributed by atoms with E-state index in [0.717, 1.165) is 12.0 Å². The minimum absolute atomic E-state index is 0.131. The fourth-order valence-electron chi connectivity index (χ4n) is 2.84. The Kier molecular flexibility index (Phi) is 5.06. The minimum Gasteiger partial charge on any atom is -0.444 e. The third-order valence-electron chi connectivity index (χ3n) is 3.93. The Morgan fingerprint density at radius 3 is 2.50 bits per heavy atom. The largest absolute Gasteiger partial charge is 0.444 e. The minimum atomic E-state index is -0.498. The van der Waals surface area contributed by atoms with Crippen LogP contribution in [0.3, 0.4) is 0 Å². The van der Waals surface area contributed by atoms with Gasteiger partial charge in [-0.2, -0.15) is 0 Å². The molecule has 0 aromatic heterocycles. The molecule has 22 heavy (non-hydrogen) atoms. The summed E-state index contributed by atoms with van der Waals surface area (Å²) in [6.45, 7) is 6.83. The summed E-state index contributed by atoms with van der Waals surface area (Å²) in [6, 6.07) is 6.79. The number of halogens is 1. The lowest BCUT2D eigenvalue weighted by molar-refractivity contribution is 0.0178. The number of hydrogen-bond acceptors (Lipinski definition) is 3. The predicted octanol–water partition coefficient (Wildman–Crippen LogP) is 3.14. The number of hydrogen-bond donors (Lipinski definition) is 1. The van der Waals surface area contributed by atoms with Crippen molar-refractivity contribution in [2.75, 3.05) is 20.1 Å². The number of piperidine rings is 1. The molecular formula is C17H25FN2O2. The summed E-state index contributed by atoms with van der Waals surface area (Å²) in [7, 11) is 1.92. The zero-order chi connectivity index (χ0) is 16.3. The van der Waals surface area contributed by atoms with Crippen molar-refractivity contribution in [3.63, 3.8) is 0 Å². The summed E-state index contributed by atoms with van der Waals surface area (Å²) >= 11 is 0. The van der Waals surface area contributed by atoms with Crippen molar-refractivity contribution in [3.05, 3.63) is 35.6 Å². The van der Waals surface area contributed by atoms with Gasteiger partial charge in [0.05, 0.1) is 0 Å². The molecule has 1 aliphatic rings. The summed E-state index contributed by atoms with van der Waals surface area (Å²) < 4.78 is 18.6. The topological polar surface area (TPSA) is 41.6 Å². The molecule has 5 heteroatoms. The van der Waals surface area contributed by atoms with E-state index in [1.807, 2.05) is 27.8 Å². The van der Waals surface area contributed by atoms with Crippen molar-refractivity contribution in [2.45, 2.75) is 44.8 Å². The maximum Gasteiger partial charge on any atom is 0.410 e. The number of nitrogens with zero attached hydrogens (tertiary/aromatic N) is 1. The second kappa shape index (κ2) is 6.65. The van der Waals surface area contributed by atoms with Crippen molar-refractivity contribution in [1.82, 2.24) is 10.2 Å². The van der Waals surface area contributed by atoms with Crippen LogP contribution in [-0.4, -0.2) is 42.8 Å². The van der Waals surface area contributed by atoms with Gasteiger partial charge in [0, 0.05) is 25.0 Å². The number of nitrogens with one attached hydrogen (secondary N) is 1. The highest BCUT2D eigenvalue weighted by atomic mass is 19.1. The first kappa shape index (κ1) is 16.7. The molecule has 1 aliphatic heterocycles. The van der Waals surface area contributed by atoms with Crippen LogP contribution in [0.5, 0.6) is 0 Å². The highest BCUT2D eigenvalue weighted by Crippen LogP contribution is 2.28. The molecule has 1 fully saturated rings. The van der Waals surface area contributed by atoms with Crippen molar-refractivity contribution < 1.29 is 13.9 Å². The zero-order valence-corrected chi connectivity index (χ0v) is 13.7.